The molecule has 10 nitrogen and oxygen atoms in total. The van der Waals surface area contributed by atoms with Crippen molar-refractivity contribution in [3.8, 4) is 6.07 Å². The maximum Gasteiger partial charge on any atom is 0.262 e. The van der Waals surface area contributed by atoms with Gasteiger partial charge in [-0.05, 0) is 49.9 Å². The van der Waals surface area contributed by atoms with Crippen molar-refractivity contribution in [2.45, 2.75) is 12.5 Å². The van der Waals surface area contributed by atoms with Gasteiger partial charge in [0, 0.05) is 62.8 Å². The number of carbonyl (C=O) groups is 1. The van der Waals surface area contributed by atoms with Crippen LogP contribution in [-0.4, -0.2) is 73.1 Å². The lowest BCUT2D eigenvalue weighted by Gasteiger charge is -2.34. The first-order chi connectivity index (χ1) is 18.5. The smallest absolute Gasteiger partial charge is 0.262 e. The molecule has 0 bridgehead atoms. The zero-order valence-corrected chi connectivity index (χ0v) is 21.9. The number of nitriles is 1. The van der Waals surface area contributed by atoms with Crippen LogP contribution in [0.1, 0.15) is 12.2 Å². The van der Waals surface area contributed by atoms with Gasteiger partial charge in [-0.2, -0.15) is 10.2 Å². The number of halogens is 1. The van der Waals surface area contributed by atoms with Crippen LogP contribution in [-0.2, 0) is 4.79 Å². The Morgan fingerprint density at radius 2 is 1.95 bits per heavy atom. The van der Waals surface area contributed by atoms with E-state index in [4.69, 9.17) is 16.0 Å². The van der Waals surface area contributed by atoms with E-state index in [1.54, 1.807) is 18.3 Å². The lowest BCUT2D eigenvalue weighted by atomic mass is 10.2. The molecule has 2 aliphatic rings. The maximum absolute atomic E-state index is 12.6. The number of piperazine rings is 1. The van der Waals surface area contributed by atoms with Gasteiger partial charge in [-0.3, -0.25) is 4.79 Å². The average molecular weight is 533 g/mol. The second kappa shape index (κ2) is 11.5. The molecule has 2 aliphatic heterocycles. The van der Waals surface area contributed by atoms with E-state index in [1.807, 2.05) is 23.1 Å². The number of hydrogen-bond donors (Lipinski definition) is 2. The van der Waals surface area contributed by atoms with Crippen LogP contribution in [0.4, 0.5) is 23.1 Å². The highest BCUT2D eigenvalue weighted by Crippen LogP contribution is 2.28. The third kappa shape index (κ3) is 6.07. The molecule has 2 aromatic heterocycles. The molecule has 0 saturated carbocycles. The highest BCUT2D eigenvalue weighted by Gasteiger charge is 2.27. The largest absolute Gasteiger partial charge is 0.465 e. The molecule has 3 aromatic rings. The Morgan fingerprint density at radius 3 is 2.66 bits per heavy atom. The molecule has 11 heteroatoms. The average Bonchev–Trinajstić information content (AvgIpc) is 3.62. The van der Waals surface area contributed by atoms with Gasteiger partial charge in [0.05, 0.1) is 12.5 Å². The molecule has 38 heavy (non-hydrogen) atoms. The zero-order valence-electron chi connectivity index (χ0n) is 21.1. The first-order valence-electron chi connectivity index (χ1n) is 12.5. The van der Waals surface area contributed by atoms with Crippen LogP contribution >= 0.6 is 11.6 Å². The summed E-state index contributed by atoms with van der Waals surface area (Å²) in [5.74, 6) is 1.05. The molecule has 0 spiro atoms. The number of hydrogen-bond acceptors (Lipinski definition) is 9. The molecule has 2 saturated heterocycles. The van der Waals surface area contributed by atoms with E-state index in [1.165, 1.54) is 18.0 Å². The summed E-state index contributed by atoms with van der Waals surface area (Å²) in [4.78, 5) is 28.4. The summed E-state index contributed by atoms with van der Waals surface area (Å²) in [5.41, 5.74) is 2.07. The van der Waals surface area contributed by atoms with Gasteiger partial charge in [-0.1, -0.05) is 11.6 Å². The monoisotopic (exact) mass is 532 g/mol. The van der Waals surface area contributed by atoms with Crippen LogP contribution in [0.25, 0.3) is 6.08 Å². The van der Waals surface area contributed by atoms with Gasteiger partial charge in [0.15, 0.2) is 5.82 Å². The fraction of sp³-hybridized carbons (Fsp3) is 0.333. The molecule has 0 aliphatic carbocycles. The van der Waals surface area contributed by atoms with E-state index in [0.29, 0.717) is 42.1 Å². The highest BCUT2D eigenvalue weighted by molar-refractivity contribution is 6.32. The number of likely N-dealkylation sites (N-methyl/N-ethyl adjacent to an activating group) is 1. The third-order valence-corrected chi connectivity index (χ3v) is 7.00. The molecule has 4 heterocycles. The Bertz CT molecular complexity index is 1330. The number of anilines is 4. The quantitative estimate of drug-likeness (QED) is 0.348. The number of carbonyl (C=O) groups excluding carboxylic acids is 1. The SMILES string of the molecule is CN1CCN(c2ccc(Nc3ncc(Cl)c(N4CC[C@@H](NC(=O)/C(C#N)=C/c5ccco5)C4)n3)cc2)CC1. The molecule has 0 unspecified atom stereocenters. The van der Waals surface area contributed by atoms with Crippen LogP contribution in [0.3, 0.4) is 0 Å². The molecule has 1 atom stereocenters. The van der Waals surface area contributed by atoms with Gasteiger partial charge < -0.3 is 29.8 Å². The molecular weight excluding hydrogens is 504 g/mol. The summed E-state index contributed by atoms with van der Waals surface area (Å²) >= 11 is 6.45. The minimum Gasteiger partial charge on any atom is -0.465 e. The van der Waals surface area contributed by atoms with Crippen molar-refractivity contribution >= 4 is 46.7 Å². The molecule has 2 N–H and O–H groups in total. The standard InChI is InChI=1S/C27H29ClN8O2/c1-34-10-12-35(13-11-34)22-6-4-20(5-7-22)32-27-30-17-24(28)25(33-27)36-9-8-21(18-36)31-26(37)19(16-29)15-23-3-2-14-38-23/h2-7,14-15,17,21H,8-13,18H2,1H3,(H,31,37)(H,30,32,33)/b19-15+/t21-/m1/s1. The fourth-order valence-corrected chi connectivity index (χ4v) is 4.80. The first-order valence-corrected chi connectivity index (χ1v) is 12.9. The number of nitrogens with zero attached hydrogens (tertiary/aromatic N) is 6. The van der Waals surface area contributed by atoms with Crippen molar-refractivity contribution in [3.05, 3.63) is 65.2 Å². The molecule has 196 valence electrons. The Kier molecular flexibility index (Phi) is 7.77. The summed E-state index contributed by atoms with van der Waals surface area (Å²) < 4.78 is 5.21. The fourth-order valence-electron chi connectivity index (χ4n) is 4.59. The van der Waals surface area contributed by atoms with Gasteiger partial charge in [0.2, 0.25) is 5.95 Å². The molecule has 0 radical (unpaired) electrons. The Hall–Kier alpha value is -4.07. The number of benzene rings is 1. The number of furan rings is 1. The van der Waals surface area contributed by atoms with Crippen molar-refractivity contribution in [1.29, 1.82) is 5.26 Å². The van der Waals surface area contributed by atoms with E-state index in [-0.39, 0.29) is 11.6 Å². The second-order valence-electron chi connectivity index (χ2n) is 9.42. The Morgan fingerprint density at radius 1 is 1.16 bits per heavy atom. The predicted octanol–water partition coefficient (Wildman–Crippen LogP) is 3.52. The van der Waals surface area contributed by atoms with E-state index >= 15 is 0 Å². The minimum absolute atomic E-state index is 0.0106. The van der Waals surface area contributed by atoms with Crippen molar-refractivity contribution in [1.82, 2.24) is 20.2 Å². The number of aromatic nitrogens is 2. The van der Waals surface area contributed by atoms with E-state index in [0.717, 1.165) is 31.9 Å². The molecule has 1 amide bonds. The van der Waals surface area contributed by atoms with E-state index in [9.17, 15) is 10.1 Å². The first kappa shape index (κ1) is 25.6. The second-order valence-corrected chi connectivity index (χ2v) is 9.82. The number of nitrogens with one attached hydrogen (secondary N) is 2. The summed E-state index contributed by atoms with van der Waals surface area (Å²) in [7, 11) is 2.15. The summed E-state index contributed by atoms with van der Waals surface area (Å²) in [6.07, 6.45) is 5.20. The Balaban J connectivity index is 1.20. The summed E-state index contributed by atoms with van der Waals surface area (Å²) in [6.45, 7) is 5.32. The van der Waals surface area contributed by atoms with Gasteiger partial charge in [-0.25, -0.2) is 4.98 Å². The molecular formula is C27H29ClN8O2. The number of amides is 1. The molecule has 2 fully saturated rings. The van der Waals surface area contributed by atoms with E-state index < -0.39 is 5.91 Å². The van der Waals surface area contributed by atoms with Gasteiger partial charge >= 0.3 is 0 Å². The van der Waals surface area contributed by atoms with Crippen LogP contribution in [0.15, 0.2) is 58.8 Å². The lowest BCUT2D eigenvalue weighted by Crippen LogP contribution is -2.44. The van der Waals surface area contributed by atoms with Crippen molar-refractivity contribution < 1.29 is 9.21 Å². The molecule has 5 rings (SSSR count). The molecule has 1 aromatic carbocycles. The lowest BCUT2D eigenvalue weighted by molar-refractivity contribution is -0.117. The number of rotatable bonds is 7. The topological polar surface area (TPSA) is 114 Å². The van der Waals surface area contributed by atoms with Gasteiger partial charge in [-0.15, -0.1) is 0 Å². The third-order valence-electron chi connectivity index (χ3n) is 6.74. The van der Waals surface area contributed by atoms with Crippen LogP contribution in [0, 0.1) is 11.3 Å². The van der Waals surface area contributed by atoms with Gasteiger partial charge in [0.25, 0.3) is 5.91 Å². The minimum atomic E-state index is -0.438. The van der Waals surface area contributed by atoms with E-state index in [2.05, 4.69) is 49.6 Å². The highest BCUT2D eigenvalue weighted by atomic mass is 35.5. The summed E-state index contributed by atoms with van der Waals surface area (Å²) in [5, 5.41) is 16.0. The van der Waals surface area contributed by atoms with Crippen molar-refractivity contribution in [2.75, 3.05) is 61.4 Å². The Labute approximate surface area is 226 Å². The van der Waals surface area contributed by atoms with Crippen LogP contribution in [0.2, 0.25) is 5.02 Å². The normalized spacial score (nSPS) is 18.3. The van der Waals surface area contributed by atoms with Crippen LogP contribution in [0.5, 0.6) is 0 Å². The summed E-state index contributed by atoms with van der Waals surface area (Å²) in [6, 6.07) is 13.4. The predicted molar refractivity (Wildman–Crippen MR) is 148 cm³/mol. The van der Waals surface area contributed by atoms with Crippen molar-refractivity contribution in [3.63, 3.8) is 0 Å². The maximum atomic E-state index is 12.6. The van der Waals surface area contributed by atoms with Crippen LogP contribution < -0.4 is 20.4 Å². The van der Waals surface area contributed by atoms with Gasteiger partial charge in [0.1, 0.15) is 22.4 Å². The van der Waals surface area contributed by atoms with Crippen molar-refractivity contribution in [2.24, 2.45) is 0 Å². The zero-order chi connectivity index (χ0) is 26.5.